The topological polar surface area (TPSA) is 72.6 Å². The predicted octanol–water partition coefficient (Wildman–Crippen LogP) is 3.12. The first-order valence-corrected chi connectivity index (χ1v) is 7.94. The highest BCUT2D eigenvalue weighted by atomic mass is 16.5. The van der Waals surface area contributed by atoms with Crippen LogP contribution in [0.2, 0.25) is 0 Å². The Kier molecular flexibility index (Phi) is 6.12. The van der Waals surface area contributed by atoms with Gasteiger partial charge in [-0.25, -0.2) is 4.79 Å². The zero-order valence-corrected chi connectivity index (χ0v) is 14.2. The lowest BCUT2D eigenvalue weighted by Crippen LogP contribution is -2.08. The highest BCUT2D eigenvalue weighted by Crippen LogP contribution is 2.15. The quantitative estimate of drug-likeness (QED) is 0.547. The number of esters is 1. The van der Waals surface area contributed by atoms with E-state index < -0.39 is 5.97 Å². The van der Waals surface area contributed by atoms with Gasteiger partial charge in [-0.05, 0) is 37.6 Å². The maximum atomic E-state index is 12.2. The average molecular weight is 330 g/mol. The fourth-order valence-electron chi connectivity index (χ4n) is 2.25. The summed E-state index contributed by atoms with van der Waals surface area (Å²) in [5.41, 5.74) is 1.92. The van der Waals surface area contributed by atoms with Crippen LogP contribution in [0.15, 0.2) is 34.9 Å². The summed E-state index contributed by atoms with van der Waals surface area (Å²) >= 11 is 0. The van der Waals surface area contributed by atoms with Crippen molar-refractivity contribution in [3.05, 3.63) is 47.3 Å². The van der Waals surface area contributed by atoms with Crippen LogP contribution in [-0.2, 0) is 11.2 Å². The number of Topliss-reactive ketones (excluding diaryl/α,β-unsaturated/α-hetero) is 1. The Labute approximate surface area is 141 Å². The number of benzene rings is 1. The number of anilines is 1. The molecule has 2 aromatic rings. The average Bonchev–Trinajstić information content (AvgIpc) is 3.04. The molecule has 0 amide bonds. The molecule has 1 aromatic heterocycles. The zero-order chi connectivity index (χ0) is 17.5. The van der Waals surface area contributed by atoms with E-state index in [4.69, 9.17) is 9.26 Å². The van der Waals surface area contributed by atoms with E-state index in [0.717, 1.165) is 5.69 Å². The molecule has 0 bridgehead atoms. The second-order valence-electron chi connectivity index (χ2n) is 5.62. The molecule has 0 N–H and O–H groups in total. The van der Waals surface area contributed by atoms with Gasteiger partial charge in [0.25, 0.3) is 0 Å². The van der Waals surface area contributed by atoms with Gasteiger partial charge in [-0.1, -0.05) is 5.16 Å². The van der Waals surface area contributed by atoms with Crippen molar-refractivity contribution >= 4 is 17.4 Å². The normalized spacial score (nSPS) is 10.5. The van der Waals surface area contributed by atoms with E-state index in [1.165, 1.54) is 0 Å². The van der Waals surface area contributed by atoms with Gasteiger partial charge in [0, 0.05) is 44.3 Å². The number of aryl methyl sites for hydroxylation is 1. The first-order valence-electron chi connectivity index (χ1n) is 7.94. The monoisotopic (exact) mass is 330 g/mol. The lowest BCUT2D eigenvalue weighted by molar-refractivity contribution is 0.0514. The molecule has 0 spiro atoms. The van der Waals surface area contributed by atoms with Gasteiger partial charge in [-0.3, -0.25) is 4.79 Å². The first-order chi connectivity index (χ1) is 11.5. The predicted molar refractivity (Wildman–Crippen MR) is 90.5 cm³/mol. The number of nitrogens with zero attached hydrogens (tertiary/aromatic N) is 2. The fraction of sp³-hybridized carbons (Fsp3) is 0.389. The molecule has 24 heavy (non-hydrogen) atoms. The summed E-state index contributed by atoms with van der Waals surface area (Å²) in [6, 6.07) is 9.09. The molecule has 0 saturated heterocycles. The van der Waals surface area contributed by atoms with Crippen LogP contribution in [0.1, 0.15) is 46.4 Å². The van der Waals surface area contributed by atoms with Crippen LogP contribution in [0.4, 0.5) is 5.69 Å². The molecule has 2 rings (SSSR count). The van der Waals surface area contributed by atoms with Crippen molar-refractivity contribution in [3.63, 3.8) is 0 Å². The van der Waals surface area contributed by atoms with Gasteiger partial charge in [-0.15, -0.1) is 0 Å². The van der Waals surface area contributed by atoms with Crippen LogP contribution in [0.25, 0.3) is 0 Å². The Hall–Kier alpha value is -2.63. The Bertz CT molecular complexity index is 689. The SMILES string of the molecule is CCOC(=O)c1cc(CCCC(=O)c2ccc(N(C)C)cc2)on1. The van der Waals surface area contributed by atoms with Crippen molar-refractivity contribution in [2.45, 2.75) is 26.2 Å². The third-order valence-electron chi connectivity index (χ3n) is 3.58. The third kappa shape index (κ3) is 4.68. The Morgan fingerprint density at radius 2 is 1.92 bits per heavy atom. The number of hydrogen-bond acceptors (Lipinski definition) is 6. The summed E-state index contributed by atoms with van der Waals surface area (Å²) in [6.45, 7) is 2.03. The van der Waals surface area contributed by atoms with E-state index in [9.17, 15) is 9.59 Å². The summed E-state index contributed by atoms with van der Waals surface area (Å²) in [4.78, 5) is 25.7. The van der Waals surface area contributed by atoms with Gasteiger partial charge < -0.3 is 14.2 Å². The standard InChI is InChI=1S/C18H22N2O4/c1-4-23-18(22)16-12-15(24-19-16)6-5-7-17(21)13-8-10-14(11-9-13)20(2)3/h8-12H,4-7H2,1-3H3. The minimum atomic E-state index is -0.496. The second kappa shape index (κ2) is 8.29. The van der Waals surface area contributed by atoms with Gasteiger partial charge in [0.1, 0.15) is 5.76 Å². The highest BCUT2D eigenvalue weighted by molar-refractivity contribution is 5.96. The number of carbonyl (C=O) groups is 2. The van der Waals surface area contributed by atoms with Crippen molar-refractivity contribution in [2.75, 3.05) is 25.6 Å². The minimum Gasteiger partial charge on any atom is -0.461 e. The van der Waals surface area contributed by atoms with Gasteiger partial charge in [0.05, 0.1) is 6.61 Å². The zero-order valence-electron chi connectivity index (χ0n) is 14.2. The van der Waals surface area contributed by atoms with Crippen LogP contribution < -0.4 is 4.90 Å². The minimum absolute atomic E-state index is 0.0884. The maximum Gasteiger partial charge on any atom is 0.360 e. The summed E-state index contributed by atoms with van der Waals surface area (Å²) in [7, 11) is 3.91. The molecular weight excluding hydrogens is 308 g/mol. The molecule has 0 radical (unpaired) electrons. The molecule has 0 saturated carbocycles. The molecule has 0 aliphatic carbocycles. The number of ketones is 1. The second-order valence-corrected chi connectivity index (χ2v) is 5.62. The number of ether oxygens (including phenoxy) is 1. The van der Waals surface area contributed by atoms with Crippen LogP contribution in [0.3, 0.4) is 0 Å². The number of aromatic nitrogens is 1. The van der Waals surface area contributed by atoms with Crippen LogP contribution in [0, 0.1) is 0 Å². The summed E-state index contributed by atoms with van der Waals surface area (Å²) in [5, 5.41) is 3.68. The van der Waals surface area contributed by atoms with Crippen molar-refractivity contribution in [1.29, 1.82) is 0 Å². The van der Waals surface area contributed by atoms with Gasteiger partial charge in [0.15, 0.2) is 11.5 Å². The van der Waals surface area contributed by atoms with Crippen LogP contribution in [-0.4, -0.2) is 37.6 Å². The van der Waals surface area contributed by atoms with Crippen molar-refractivity contribution in [1.82, 2.24) is 5.16 Å². The summed E-state index contributed by atoms with van der Waals surface area (Å²) < 4.78 is 9.94. The molecular formula is C18H22N2O4. The van der Waals surface area contributed by atoms with Crippen molar-refractivity contribution < 1.29 is 18.8 Å². The number of hydrogen-bond donors (Lipinski definition) is 0. The Morgan fingerprint density at radius 1 is 1.21 bits per heavy atom. The van der Waals surface area contributed by atoms with Gasteiger partial charge >= 0.3 is 5.97 Å². The smallest absolute Gasteiger partial charge is 0.360 e. The maximum absolute atomic E-state index is 12.2. The van der Waals surface area contributed by atoms with Crippen LogP contribution in [0.5, 0.6) is 0 Å². The van der Waals surface area contributed by atoms with E-state index in [2.05, 4.69) is 5.16 Å². The molecule has 6 heteroatoms. The lowest BCUT2D eigenvalue weighted by atomic mass is 10.0. The number of carbonyl (C=O) groups excluding carboxylic acids is 2. The molecule has 0 aliphatic heterocycles. The van der Waals surface area contributed by atoms with E-state index in [0.29, 0.717) is 37.2 Å². The highest BCUT2D eigenvalue weighted by Gasteiger charge is 2.14. The lowest BCUT2D eigenvalue weighted by Gasteiger charge is -2.12. The molecule has 128 valence electrons. The number of rotatable bonds is 8. The van der Waals surface area contributed by atoms with Crippen molar-refractivity contribution in [3.8, 4) is 0 Å². The van der Waals surface area contributed by atoms with Crippen LogP contribution >= 0.6 is 0 Å². The molecule has 0 unspecified atom stereocenters. The van der Waals surface area contributed by atoms with E-state index in [-0.39, 0.29) is 11.5 Å². The van der Waals surface area contributed by atoms with E-state index >= 15 is 0 Å². The molecule has 0 fully saturated rings. The van der Waals surface area contributed by atoms with Gasteiger partial charge in [-0.2, -0.15) is 0 Å². The molecule has 1 heterocycles. The fourth-order valence-corrected chi connectivity index (χ4v) is 2.25. The Morgan fingerprint density at radius 3 is 2.54 bits per heavy atom. The molecule has 1 aromatic carbocycles. The Balaban J connectivity index is 1.83. The summed E-state index contributed by atoms with van der Waals surface area (Å²) in [5.74, 6) is 0.170. The summed E-state index contributed by atoms with van der Waals surface area (Å²) in [6.07, 6.45) is 1.59. The molecule has 6 nitrogen and oxygen atoms in total. The van der Waals surface area contributed by atoms with E-state index in [1.807, 2.05) is 43.3 Å². The molecule has 0 aliphatic rings. The van der Waals surface area contributed by atoms with E-state index in [1.54, 1.807) is 13.0 Å². The first kappa shape index (κ1) is 17.7. The van der Waals surface area contributed by atoms with Gasteiger partial charge in [0.2, 0.25) is 0 Å². The third-order valence-corrected chi connectivity index (χ3v) is 3.58. The van der Waals surface area contributed by atoms with Crippen molar-refractivity contribution in [2.24, 2.45) is 0 Å². The largest absolute Gasteiger partial charge is 0.461 e. The molecule has 0 atom stereocenters.